The SMILES string of the molecule is CCOC(=O)c1[nH]c(C)c(C(=O)C(C)N(C)S(=O)(=O)c2ccc(C)cc2)c1C. The quantitative estimate of drug-likeness (QED) is 0.563. The maximum absolute atomic E-state index is 13.1. The number of hydrogen-bond donors (Lipinski definition) is 1. The summed E-state index contributed by atoms with van der Waals surface area (Å²) in [7, 11) is -2.46. The Bertz CT molecular complexity index is 990. The Morgan fingerprint density at radius 1 is 1.14 bits per heavy atom. The molecular weight excluding hydrogens is 380 g/mol. The summed E-state index contributed by atoms with van der Waals surface area (Å²) in [4.78, 5) is 28.1. The van der Waals surface area contributed by atoms with Crippen molar-refractivity contribution < 1.29 is 22.7 Å². The van der Waals surface area contributed by atoms with Crippen LogP contribution >= 0.6 is 0 Å². The molecule has 2 rings (SSSR count). The summed E-state index contributed by atoms with van der Waals surface area (Å²) in [5.41, 5.74) is 2.41. The number of ketones is 1. The van der Waals surface area contributed by atoms with E-state index in [2.05, 4.69) is 4.98 Å². The molecule has 0 bridgehead atoms. The normalized spacial score (nSPS) is 12.8. The summed E-state index contributed by atoms with van der Waals surface area (Å²) >= 11 is 0. The first-order valence-corrected chi connectivity index (χ1v) is 10.4. The first kappa shape index (κ1) is 21.8. The third-order valence-corrected chi connectivity index (χ3v) is 6.73. The van der Waals surface area contributed by atoms with Crippen molar-refractivity contribution in [2.24, 2.45) is 0 Å². The first-order chi connectivity index (χ1) is 13.0. The monoisotopic (exact) mass is 406 g/mol. The fourth-order valence-corrected chi connectivity index (χ4v) is 4.31. The number of Topliss-reactive ketones (excluding diaryl/α,β-unsaturated/α-hetero) is 1. The van der Waals surface area contributed by atoms with E-state index in [0.29, 0.717) is 16.8 Å². The molecule has 0 aliphatic rings. The standard InChI is InChI=1S/C20H26N2O5S/c1-7-27-20(24)18-13(3)17(14(4)21-18)19(23)15(5)22(6)28(25,26)16-10-8-12(2)9-11-16/h8-11,15,21H,7H2,1-6H3. The average molecular weight is 407 g/mol. The van der Waals surface area contributed by atoms with Crippen LogP contribution in [0, 0.1) is 20.8 Å². The number of hydrogen-bond acceptors (Lipinski definition) is 5. The largest absolute Gasteiger partial charge is 0.461 e. The minimum atomic E-state index is -3.84. The molecule has 1 aromatic heterocycles. The Morgan fingerprint density at radius 3 is 2.25 bits per heavy atom. The molecule has 1 unspecified atom stereocenters. The van der Waals surface area contributed by atoms with Crippen molar-refractivity contribution in [1.29, 1.82) is 0 Å². The Morgan fingerprint density at radius 2 is 1.71 bits per heavy atom. The minimum absolute atomic E-state index is 0.120. The van der Waals surface area contributed by atoms with Crippen LogP contribution in [-0.2, 0) is 14.8 Å². The second kappa shape index (κ2) is 8.28. The summed E-state index contributed by atoms with van der Waals surface area (Å²) in [5, 5.41) is 0. The van der Waals surface area contributed by atoms with Gasteiger partial charge in [-0.3, -0.25) is 4.79 Å². The Kier molecular flexibility index (Phi) is 6.46. The van der Waals surface area contributed by atoms with Crippen LogP contribution in [0.25, 0.3) is 0 Å². The van der Waals surface area contributed by atoms with E-state index in [0.717, 1.165) is 9.87 Å². The number of benzene rings is 1. The van der Waals surface area contributed by atoms with Crippen molar-refractivity contribution in [1.82, 2.24) is 9.29 Å². The van der Waals surface area contributed by atoms with Crippen LogP contribution < -0.4 is 0 Å². The molecule has 0 aliphatic carbocycles. The van der Waals surface area contributed by atoms with Crippen LogP contribution in [0.5, 0.6) is 0 Å². The molecule has 7 nitrogen and oxygen atoms in total. The van der Waals surface area contributed by atoms with Gasteiger partial charge in [0, 0.05) is 18.3 Å². The van der Waals surface area contributed by atoms with E-state index in [9.17, 15) is 18.0 Å². The van der Waals surface area contributed by atoms with Crippen molar-refractivity contribution in [2.45, 2.75) is 45.6 Å². The van der Waals surface area contributed by atoms with Crippen LogP contribution in [-0.4, -0.2) is 49.2 Å². The molecule has 0 amide bonds. The van der Waals surface area contributed by atoms with E-state index >= 15 is 0 Å². The van der Waals surface area contributed by atoms with Crippen molar-refractivity contribution in [2.75, 3.05) is 13.7 Å². The van der Waals surface area contributed by atoms with Crippen LogP contribution in [0.4, 0.5) is 0 Å². The lowest BCUT2D eigenvalue weighted by molar-refractivity contribution is 0.0519. The topological polar surface area (TPSA) is 96.5 Å². The molecule has 0 fully saturated rings. The number of ether oxygens (including phenoxy) is 1. The van der Waals surface area contributed by atoms with E-state index in [4.69, 9.17) is 4.74 Å². The van der Waals surface area contributed by atoms with Crippen molar-refractivity contribution >= 4 is 21.8 Å². The molecule has 0 radical (unpaired) electrons. The van der Waals surface area contributed by atoms with Gasteiger partial charge < -0.3 is 9.72 Å². The van der Waals surface area contributed by atoms with E-state index in [1.807, 2.05) is 6.92 Å². The molecule has 28 heavy (non-hydrogen) atoms. The molecular formula is C20H26N2O5S. The van der Waals surface area contributed by atoms with Crippen molar-refractivity contribution in [3.05, 3.63) is 52.3 Å². The molecule has 8 heteroatoms. The zero-order valence-corrected chi connectivity index (χ0v) is 17.8. The third kappa shape index (κ3) is 4.02. The fourth-order valence-electron chi connectivity index (χ4n) is 2.99. The van der Waals surface area contributed by atoms with Gasteiger partial charge in [0.15, 0.2) is 5.78 Å². The predicted molar refractivity (Wildman–Crippen MR) is 106 cm³/mol. The zero-order valence-electron chi connectivity index (χ0n) is 17.0. The van der Waals surface area contributed by atoms with Crippen molar-refractivity contribution in [3.63, 3.8) is 0 Å². The highest BCUT2D eigenvalue weighted by Crippen LogP contribution is 2.24. The molecule has 1 aromatic carbocycles. The Balaban J connectivity index is 2.36. The average Bonchev–Trinajstić information content (AvgIpc) is 2.94. The summed E-state index contributed by atoms with van der Waals surface area (Å²) in [5.74, 6) is -0.935. The zero-order chi connectivity index (χ0) is 21.2. The molecule has 1 atom stereocenters. The summed E-state index contributed by atoms with van der Waals surface area (Å²) in [6, 6.07) is 5.50. The predicted octanol–water partition coefficient (Wildman–Crippen LogP) is 3.01. The molecule has 2 aromatic rings. The van der Waals surface area contributed by atoms with Gasteiger partial charge >= 0.3 is 5.97 Å². The molecule has 1 N–H and O–H groups in total. The number of aryl methyl sites for hydroxylation is 2. The molecule has 0 spiro atoms. The molecule has 152 valence electrons. The summed E-state index contributed by atoms with van der Waals surface area (Å²) in [6.07, 6.45) is 0. The maximum Gasteiger partial charge on any atom is 0.355 e. The van der Waals surface area contributed by atoms with E-state index in [1.165, 1.54) is 26.1 Å². The molecule has 0 aliphatic heterocycles. The lowest BCUT2D eigenvalue weighted by Crippen LogP contribution is -2.40. The fraction of sp³-hybridized carbons (Fsp3) is 0.400. The maximum atomic E-state index is 13.1. The highest BCUT2D eigenvalue weighted by atomic mass is 32.2. The van der Waals surface area contributed by atoms with Crippen molar-refractivity contribution in [3.8, 4) is 0 Å². The number of sulfonamides is 1. The number of carbonyl (C=O) groups is 2. The van der Waals surface area contributed by atoms with E-state index in [-0.39, 0.29) is 23.0 Å². The summed E-state index contributed by atoms with van der Waals surface area (Å²) < 4.78 is 31.8. The second-order valence-corrected chi connectivity index (χ2v) is 8.72. The van der Waals surface area contributed by atoms with E-state index in [1.54, 1.807) is 32.9 Å². The van der Waals surface area contributed by atoms with Gasteiger partial charge in [-0.1, -0.05) is 17.7 Å². The van der Waals surface area contributed by atoms with Gasteiger partial charge in [-0.15, -0.1) is 0 Å². The number of aromatic amines is 1. The third-order valence-electron chi connectivity index (χ3n) is 4.79. The van der Waals surface area contributed by atoms with Crippen LogP contribution in [0.15, 0.2) is 29.2 Å². The second-order valence-electron chi connectivity index (χ2n) is 6.72. The number of rotatable bonds is 7. The number of esters is 1. The van der Waals surface area contributed by atoms with Gasteiger partial charge in [0.1, 0.15) is 5.69 Å². The van der Waals surface area contributed by atoms with Gasteiger partial charge in [0.2, 0.25) is 10.0 Å². The van der Waals surface area contributed by atoms with Crippen LogP contribution in [0.2, 0.25) is 0 Å². The number of carbonyl (C=O) groups excluding carboxylic acids is 2. The van der Waals surface area contributed by atoms with Gasteiger partial charge in [0.05, 0.1) is 17.5 Å². The minimum Gasteiger partial charge on any atom is -0.461 e. The highest BCUT2D eigenvalue weighted by molar-refractivity contribution is 7.89. The van der Waals surface area contributed by atoms with Gasteiger partial charge in [-0.2, -0.15) is 4.31 Å². The first-order valence-electron chi connectivity index (χ1n) is 8.97. The molecule has 1 heterocycles. The molecule has 0 saturated carbocycles. The van der Waals surface area contributed by atoms with E-state index < -0.39 is 22.0 Å². The van der Waals surface area contributed by atoms with Gasteiger partial charge in [-0.05, 0) is 52.3 Å². The lowest BCUT2D eigenvalue weighted by Gasteiger charge is -2.23. The summed E-state index contributed by atoms with van der Waals surface area (Å²) in [6.45, 7) is 8.62. The lowest BCUT2D eigenvalue weighted by atomic mass is 10.0. The number of aromatic nitrogens is 1. The van der Waals surface area contributed by atoms with Gasteiger partial charge in [-0.25, -0.2) is 13.2 Å². The molecule has 0 saturated heterocycles. The highest BCUT2D eigenvalue weighted by Gasteiger charge is 2.33. The number of nitrogens with one attached hydrogen (secondary N) is 1. The smallest absolute Gasteiger partial charge is 0.355 e. The Labute approximate surface area is 165 Å². The number of H-pyrrole nitrogens is 1. The number of likely N-dealkylation sites (N-methyl/N-ethyl adjacent to an activating group) is 1. The van der Waals surface area contributed by atoms with Gasteiger partial charge in [0.25, 0.3) is 0 Å². The van der Waals surface area contributed by atoms with Crippen LogP contribution in [0.3, 0.4) is 0 Å². The number of nitrogens with zero attached hydrogens (tertiary/aromatic N) is 1. The Hall–Kier alpha value is -2.45. The van der Waals surface area contributed by atoms with Crippen LogP contribution in [0.1, 0.15) is 51.5 Å².